The van der Waals surface area contributed by atoms with E-state index in [4.69, 9.17) is 11.6 Å². The number of carbonyl (C=O) groups is 2. The first-order chi connectivity index (χ1) is 14.3. The maximum Gasteiger partial charge on any atom is 0.225 e. The molecule has 1 unspecified atom stereocenters. The summed E-state index contributed by atoms with van der Waals surface area (Å²) in [5, 5.41) is 3.78. The highest BCUT2D eigenvalue weighted by atomic mass is 35.5. The number of nitrogens with one attached hydrogen (secondary N) is 1. The van der Waals surface area contributed by atoms with Crippen LogP contribution in [-0.2, 0) is 16.0 Å². The van der Waals surface area contributed by atoms with Gasteiger partial charge in [0.05, 0.1) is 12.5 Å². The van der Waals surface area contributed by atoms with Gasteiger partial charge in [0.1, 0.15) is 0 Å². The van der Waals surface area contributed by atoms with Gasteiger partial charge in [-0.2, -0.15) is 0 Å². The summed E-state index contributed by atoms with van der Waals surface area (Å²) in [5.41, 5.74) is 3.44. The number of benzene rings is 2. The summed E-state index contributed by atoms with van der Waals surface area (Å²) in [6.45, 7) is 6.04. The lowest BCUT2D eigenvalue weighted by atomic mass is 9.75. The Labute approximate surface area is 185 Å². The van der Waals surface area contributed by atoms with Crippen molar-refractivity contribution in [3.63, 3.8) is 0 Å². The van der Waals surface area contributed by atoms with Crippen LogP contribution in [0, 0.1) is 18.8 Å². The van der Waals surface area contributed by atoms with E-state index in [9.17, 15) is 9.59 Å². The molecule has 30 heavy (non-hydrogen) atoms. The third-order valence-electron chi connectivity index (χ3n) is 6.25. The predicted octanol–water partition coefficient (Wildman–Crippen LogP) is 5.87. The number of hydrogen-bond acceptors (Lipinski definition) is 2. The van der Waals surface area contributed by atoms with Gasteiger partial charge in [-0.25, -0.2) is 0 Å². The van der Waals surface area contributed by atoms with Crippen molar-refractivity contribution in [1.29, 1.82) is 0 Å². The lowest BCUT2D eigenvalue weighted by Gasteiger charge is -2.31. The molecule has 1 N–H and O–H groups in total. The number of hydrogen-bond donors (Lipinski definition) is 1. The fourth-order valence-electron chi connectivity index (χ4n) is 4.38. The highest BCUT2D eigenvalue weighted by Crippen LogP contribution is 2.37. The Morgan fingerprint density at radius 1 is 0.967 bits per heavy atom. The van der Waals surface area contributed by atoms with E-state index in [1.165, 1.54) is 11.1 Å². The van der Waals surface area contributed by atoms with Crippen LogP contribution >= 0.6 is 11.6 Å². The summed E-state index contributed by atoms with van der Waals surface area (Å²) in [7, 11) is 0. The van der Waals surface area contributed by atoms with E-state index >= 15 is 0 Å². The van der Waals surface area contributed by atoms with Crippen molar-refractivity contribution in [3.8, 4) is 0 Å². The van der Waals surface area contributed by atoms with E-state index in [1.54, 1.807) is 0 Å². The molecule has 1 saturated carbocycles. The Balaban J connectivity index is 1.56. The van der Waals surface area contributed by atoms with Gasteiger partial charge in [0.2, 0.25) is 5.91 Å². The quantitative estimate of drug-likeness (QED) is 0.602. The van der Waals surface area contributed by atoms with Gasteiger partial charge in [0.15, 0.2) is 5.78 Å². The van der Waals surface area contributed by atoms with Gasteiger partial charge in [-0.3, -0.25) is 9.59 Å². The third kappa shape index (κ3) is 5.95. The lowest BCUT2D eigenvalue weighted by molar-refractivity contribution is -0.131. The molecule has 160 valence electrons. The van der Waals surface area contributed by atoms with Crippen LogP contribution in [0.15, 0.2) is 48.5 Å². The first-order valence-electron chi connectivity index (χ1n) is 11.0. The Morgan fingerprint density at radius 2 is 1.57 bits per heavy atom. The minimum Gasteiger partial charge on any atom is -0.346 e. The first kappa shape index (κ1) is 22.6. The Hall–Kier alpha value is -2.13. The summed E-state index contributed by atoms with van der Waals surface area (Å²) in [6.07, 6.45) is 4.06. The maximum atomic E-state index is 13.2. The molecule has 4 heteroatoms. The van der Waals surface area contributed by atoms with Gasteiger partial charge in [0, 0.05) is 10.9 Å². The van der Waals surface area contributed by atoms with Gasteiger partial charge < -0.3 is 5.32 Å². The second-order valence-electron chi connectivity index (χ2n) is 8.95. The van der Waals surface area contributed by atoms with Gasteiger partial charge in [-0.05, 0) is 67.7 Å². The molecule has 0 heterocycles. The van der Waals surface area contributed by atoms with Crippen LogP contribution in [0.3, 0.4) is 0 Å². The number of halogens is 1. The Kier molecular flexibility index (Phi) is 7.71. The number of amides is 1. The van der Waals surface area contributed by atoms with Gasteiger partial charge in [0.25, 0.3) is 0 Å². The van der Waals surface area contributed by atoms with E-state index in [0.717, 1.165) is 36.3 Å². The molecule has 2 aromatic carbocycles. The average molecular weight is 426 g/mol. The Morgan fingerprint density at radius 3 is 2.13 bits per heavy atom. The molecule has 0 aromatic heterocycles. The minimum atomic E-state index is -0.417. The smallest absolute Gasteiger partial charge is 0.225 e. The molecule has 0 saturated heterocycles. The molecule has 0 aliphatic heterocycles. The molecule has 3 rings (SSSR count). The van der Waals surface area contributed by atoms with Gasteiger partial charge in [-0.15, -0.1) is 0 Å². The molecular weight excluding hydrogens is 394 g/mol. The molecule has 1 fully saturated rings. The van der Waals surface area contributed by atoms with Crippen LogP contribution < -0.4 is 5.32 Å². The molecule has 1 aliphatic rings. The number of Topliss-reactive ketones (excluding diaryl/α,β-unsaturated/α-hetero) is 1. The van der Waals surface area contributed by atoms with Crippen molar-refractivity contribution in [2.75, 3.05) is 0 Å². The van der Waals surface area contributed by atoms with Crippen molar-refractivity contribution in [3.05, 3.63) is 70.2 Å². The summed E-state index contributed by atoms with van der Waals surface area (Å²) in [5.74, 6) is 0.701. The second-order valence-corrected chi connectivity index (χ2v) is 9.39. The second kappa shape index (κ2) is 10.3. The monoisotopic (exact) mass is 425 g/mol. The standard InChI is InChI=1S/C26H32ClNO2/c1-17(2)25(28-24(29)16-19-6-4-18(3)5-7-19)26(30)22-10-8-20(9-11-22)21-12-14-23(27)15-13-21/h4-7,12-15,17,20,22,25H,8-11,16H2,1-3H3,(H,28,29). The van der Waals surface area contributed by atoms with Gasteiger partial charge >= 0.3 is 0 Å². The lowest BCUT2D eigenvalue weighted by Crippen LogP contribution is -2.47. The first-order valence-corrected chi connectivity index (χ1v) is 11.4. The summed E-state index contributed by atoms with van der Waals surface area (Å²) >= 11 is 6.00. The van der Waals surface area contributed by atoms with Crippen LogP contribution in [0.25, 0.3) is 0 Å². The van der Waals surface area contributed by atoms with Crippen molar-refractivity contribution >= 4 is 23.3 Å². The largest absolute Gasteiger partial charge is 0.346 e. The van der Waals surface area contributed by atoms with E-state index in [1.807, 2.05) is 57.2 Å². The highest BCUT2D eigenvalue weighted by molar-refractivity contribution is 6.30. The molecule has 1 amide bonds. The van der Waals surface area contributed by atoms with Crippen molar-refractivity contribution in [2.45, 2.75) is 64.8 Å². The van der Waals surface area contributed by atoms with E-state index in [0.29, 0.717) is 12.3 Å². The topological polar surface area (TPSA) is 46.2 Å². The molecule has 1 aliphatic carbocycles. The van der Waals surface area contributed by atoms with Crippen molar-refractivity contribution in [1.82, 2.24) is 5.32 Å². The van der Waals surface area contributed by atoms with Crippen LogP contribution in [0.1, 0.15) is 62.1 Å². The number of carbonyl (C=O) groups excluding carboxylic acids is 2. The van der Waals surface area contributed by atoms with E-state index in [-0.39, 0.29) is 23.5 Å². The fraction of sp³-hybridized carbons (Fsp3) is 0.462. The van der Waals surface area contributed by atoms with Crippen LogP contribution in [0.2, 0.25) is 5.02 Å². The normalized spacial score (nSPS) is 20.0. The number of ketones is 1. The van der Waals surface area contributed by atoms with Gasteiger partial charge in [-0.1, -0.05) is 67.4 Å². The zero-order chi connectivity index (χ0) is 21.7. The summed E-state index contributed by atoms with van der Waals surface area (Å²) in [4.78, 5) is 25.8. The predicted molar refractivity (Wildman–Crippen MR) is 123 cm³/mol. The third-order valence-corrected chi connectivity index (χ3v) is 6.50. The molecule has 0 spiro atoms. The van der Waals surface area contributed by atoms with Crippen LogP contribution in [-0.4, -0.2) is 17.7 Å². The zero-order valence-corrected chi connectivity index (χ0v) is 18.9. The maximum absolute atomic E-state index is 13.2. The van der Waals surface area contributed by atoms with Crippen molar-refractivity contribution < 1.29 is 9.59 Å². The molecule has 2 aromatic rings. The van der Waals surface area contributed by atoms with Crippen LogP contribution in [0.4, 0.5) is 0 Å². The molecule has 0 bridgehead atoms. The molecule has 1 atom stereocenters. The minimum absolute atomic E-state index is 0.0284. The summed E-state index contributed by atoms with van der Waals surface area (Å²) < 4.78 is 0. The van der Waals surface area contributed by atoms with E-state index < -0.39 is 6.04 Å². The van der Waals surface area contributed by atoms with Crippen LogP contribution in [0.5, 0.6) is 0 Å². The summed E-state index contributed by atoms with van der Waals surface area (Å²) in [6, 6.07) is 15.6. The Bertz CT molecular complexity index is 850. The van der Waals surface area contributed by atoms with E-state index in [2.05, 4.69) is 17.4 Å². The molecule has 3 nitrogen and oxygen atoms in total. The molecular formula is C26H32ClNO2. The molecule has 0 radical (unpaired) electrons. The van der Waals surface area contributed by atoms with Crippen molar-refractivity contribution in [2.24, 2.45) is 11.8 Å². The number of rotatable bonds is 7. The zero-order valence-electron chi connectivity index (χ0n) is 18.2. The number of aryl methyl sites for hydroxylation is 1. The average Bonchev–Trinajstić information content (AvgIpc) is 2.74. The highest BCUT2D eigenvalue weighted by Gasteiger charge is 2.33. The fourth-order valence-corrected chi connectivity index (χ4v) is 4.51. The SMILES string of the molecule is Cc1ccc(CC(=O)NC(C(=O)C2CCC(c3ccc(Cl)cc3)CC2)C(C)C)cc1.